The zero-order chi connectivity index (χ0) is 18.7. The lowest BCUT2D eigenvalue weighted by Gasteiger charge is -2.34. The number of aromatic nitrogens is 2. The molecule has 1 aliphatic heterocycles. The highest BCUT2D eigenvalue weighted by Gasteiger charge is 2.20. The summed E-state index contributed by atoms with van der Waals surface area (Å²) in [6.07, 6.45) is 1.58. The number of rotatable bonds is 4. The third kappa shape index (κ3) is 4.26. The first-order chi connectivity index (χ1) is 12.5. The molecule has 0 radical (unpaired) electrons. The largest absolute Gasteiger partial charge is 0.338 e. The van der Waals surface area contributed by atoms with Crippen molar-refractivity contribution in [2.45, 2.75) is 13.8 Å². The summed E-state index contributed by atoms with van der Waals surface area (Å²) in [4.78, 5) is 26.0. The Balaban J connectivity index is 1.70. The van der Waals surface area contributed by atoms with Crippen molar-refractivity contribution in [3.05, 3.63) is 45.7 Å². The second-order valence-electron chi connectivity index (χ2n) is 6.17. The number of nitrogens with one attached hydrogen (secondary N) is 1. The lowest BCUT2D eigenvalue weighted by atomic mass is 10.2. The predicted molar refractivity (Wildman–Crippen MR) is 106 cm³/mol. The van der Waals surface area contributed by atoms with Gasteiger partial charge in [0.2, 0.25) is 5.95 Å². The van der Waals surface area contributed by atoms with Gasteiger partial charge in [0.25, 0.3) is 5.91 Å². The maximum atomic E-state index is 12.5. The Kier molecular flexibility index (Phi) is 5.96. The monoisotopic (exact) mass is 393 g/mol. The van der Waals surface area contributed by atoms with Gasteiger partial charge in [0.1, 0.15) is 0 Å². The molecule has 0 atom stereocenters. The van der Waals surface area contributed by atoms with E-state index in [1.807, 2.05) is 6.92 Å². The van der Waals surface area contributed by atoms with E-state index < -0.39 is 0 Å². The van der Waals surface area contributed by atoms with Crippen LogP contribution in [0.2, 0.25) is 10.0 Å². The van der Waals surface area contributed by atoms with Crippen LogP contribution in [0.1, 0.15) is 23.0 Å². The number of carbonyl (C=O) groups excluding carboxylic acids is 1. The fourth-order valence-corrected chi connectivity index (χ4v) is 3.16. The zero-order valence-corrected chi connectivity index (χ0v) is 16.3. The molecule has 1 aliphatic rings. The summed E-state index contributed by atoms with van der Waals surface area (Å²) < 4.78 is 0. The molecule has 8 heteroatoms. The summed E-state index contributed by atoms with van der Waals surface area (Å²) in [5.74, 6) is 0.396. The minimum absolute atomic E-state index is 0.275. The van der Waals surface area contributed by atoms with E-state index >= 15 is 0 Å². The van der Waals surface area contributed by atoms with Gasteiger partial charge in [-0.2, -0.15) is 0 Å². The molecule has 26 heavy (non-hydrogen) atoms. The molecule has 0 spiro atoms. The van der Waals surface area contributed by atoms with Gasteiger partial charge in [-0.3, -0.25) is 4.79 Å². The van der Waals surface area contributed by atoms with Crippen LogP contribution in [-0.4, -0.2) is 53.5 Å². The van der Waals surface area contributed by atoms with Gasteiger partial charge < -0.3 is 15.1 Å². The van der Waals surface area contributed by atoms with Crippen molar-refractivity contribution in [1.82, 2.24) is 14.9 Å². The van der Waals surface area contributed by atoms with Gasteiger partial charge in [-0.1, -0.05) is 30.1 Å². The molecule has 1 aromatic carbocycles. The van der Waals surface area contributed by atoms with Gasteiger partial charge in [0.15, 0.2) is 0 Å². The quantitative estimate of drug-likeness (QED) is 0.861. The summed E-state index contributed by atoms with van der Waals surface area (Å²) in [6.45, 7) is 8.82. The van der Waals surface area contributed by atoms with Crippen molar-refractivity contribution >= 4 is 40.7 Å². The van der Waals surface area contributed by atoms with Crippen LogP contribution in [0, 0.1) is 6.92 Å². The lowest BCUT2D eigenvalue weighted by Crippen LogP contribution is -2.46. The van der Waals surface area contributed by atoms with E-state index in [2.05, 4.69) is 32.0 Å². The van der Waals surface area contributed by atoms with Crippen molar-refractivity contribution < 1.29 is 4.79 Å². The molecule has 1 N–H and O–H groups in total. The third-order valence-electron chi connectivity index (χ3n) is 4.49. The molecular weight excluding hydrogens is 373 g/mol. The fraction of sp³-hybridized carbons (Fsp3) is 0.389. The van der Waals surface area contributed by atoms with E-state index in [-0.39, 0.29) is 5.91 Å². The topological polar surface area (TPSA) is 61.4 Å². The predicted octanol–water partition coefficient (Wildman–Crippen LogP) is 3.49. The van der Waals surface area contributed by atoms with Crippen LogP contribution in [0.15, 0.2) is 24.4 Å². The molecule has 3 rings (SSSR count). The highest BCUT2D eigenvalue weighted by Crippen LogP contribution is 2.25. The normalized spacial score (nSPS) is 15.2. The van der Waals surface area contributed by atoms with E-state index in [0.29, 0.717) is 32.9 Å². The first-order valence-electron chi connectivity index (χ1n) is 8.55. The molecular formula is C18H21Cl2N5O. The number of hydrogen-bond donors (Lipinski definition) is 1. The highest BCUT2D eigenvalue weighted by molar-refractivity contribution is 6.42. The zero-order valence-electron chi connectivity index (χ0n) is 14.8. The molecule has 1 amide bonds. The Morgan fingerprint density at radius 3 is 2.54 bits per heavy atom. The molecule has 1 saturated heterocycles. The van der Waals surface area contributed by atoms with E-state index in [1.54, 1.807) is 24.4 Å². The summed E-state index contributed by atoms with van der Waals surface area (Å²) in [5, 5.41) is 3.63. The Labute approximate surface area is 163 Å². The first-order valence-corrected chi connectivity index (χ1v) is 9.31. The highest BCUT2D eigenvalue weighted by atomic mass is 35.5. The fourth-order valence-electron chi connectivity index (χ4n) is 2.87. The molecule has 138 valence electrons. The standard InChI is InChI=1S/C18H21Cl2N5O/c1-3-24-6-8-25(9-7-24)18-21-11-14(12(2)22-18)17(26)23-13-4-5-15(19)16(20)10-13/h4-5,10-11H,3,6-9H2,1-2H3,(H,23,26). The number of piperazine rings is 1. The number of halogens is 2. The maximum Gasteiger partial charge on any atom is 0.259 e. The molecule has 1 aromatic heterocycles. The lowest BCUT2D eigenvalue weighted by molar-refractivity contribution is 0.102. The van der Waals surface area contributed by atoms with Crippen LogP contribution in [-0.2, 0) is 0 Å². The number of carbonyl (C=O) groups is 1. The molecule has 2 aromatic rings. The Morgan fingerprint density at radius 1 is 1.19 bits per heavy atom. The summed E-state index contributed by atoms with van der Waals surface area (Å²) >= 11 is 11.9. The van der Waals surface area contributed by atoms with Crippen molar-refractivity contribution in [2.24, 2.45) is 0 Å². The SMILES string of the molecule is CCN1CCN(c2ncc(C(=O)Nc3ccc(Cl)c(Cl)c3)c(C)n2)CC1. The molecule has 1 fully saturated rings. The molecule has 0 saturated carbocycles. The van der Waals surface area contributed by atoms with E-state index in [1.165, 1.54) is 0 Å². The number of amides is 1. The molecule has 0 aliphatic carbocycles. The average Bonchev–Trinajstić information content (AvgIpc) is 2.64. The van der Waals surface area contributed by atoms with Gasteiger partial charge >= 0.3 is 0 Å². The summed E-state index contributed by atoms with van der Waals surface area (Å²) in [6, 6.07) is 4.95. The Morgan fingerprint density at radius 2 is 1.92 bits per heavy atom. The minimum atomic E-state index is -0.275. The summed E-state index contributed by atoms with van der Waals surface area (Å²) in [5.41, 5.74) is 1.65. The number of nitrogens with zero attached hydrogens (tertiary/aromatic N) is 4. The number of likely N-dealkylation sites (N-methyl/N-ethyl adjacent to an activating group) is 1. The van der Waals surface area contributed by atoms with E-state index in [4.69, 9.17) is 23.2 Å². The second kappa shape index (κ2) is 8.20. The second-order valence-corrected chi connectivity index (χ2v) is 6.99. The van der Waals surface area contributed by atoms with Gasteiger partial charge in [0.05, 0.1) is 21.3 Å². The van der Waals surface area contributed by atoms with Gasteiger partial charge in [-0.05, 0) is 31.7 Å². The molecule has 0 bridgehead atoms. The van der Waals surface area contributed by atoms with Crippen LogP contribution in [0.3, 0.4) is 0 Å². The van der Waals surface area contributed by atoms with Crippen LogP contribution < -0.4 is 10.2 Å². The van der Waals surface area contributed by atoms with E-state index in [0.717, 1.165) is 32.7 Å². The van der Waals surface area contributed by atoms with Gasteiger partial charge in [-0.15, -0.1) is 0 Å². The van der Waals surface area contributed by atoms with E-state index in [9.17, 15) is 4.79 Å². The number of benzene rings is 1. The number of aryl methyl sites for hydroxylation is 1. The minimum Gasteiger partial charge on any atom is -0.338 e. The number of hydrogen-bond acceptors (Lipinski definition) is 5. The van der Waals surface area contributed by atoms with Crippen LogP contribution >= 0.6 is 23.2 Å². The Bertz CT molecular complexity index is 806. The Hall–Kier alpha value is -1.89. The van der Waals surface area contributed by atoms with Crippen molar-refractivity contribution in [2.75, 3.05) is 42.9 Å². The maximum absolute atomic E-state index is 12.5. The van der Waals surface area contributed by atoms with Crippen molar-refractivity contribution in [3.63, 3.8) is 0 Å². The first kappa shape index (κ1) is 18.9. The number of anilines is 2. The average molecular weight is 394 g/mol. The molecule has 6 nitrogen and oxygen atoms in total. The smallest absolute Gasteiger partial charge is 0.259 e. The van der Waals surface area contributed by atoms with Gasteiger partial charge in [-0.25, -0.2) is 9.97 Å². The van der Waals surface area contributed by atoms with Crippen LogP contribution in [0.5, 0.6) is 0 Å². The third-order valence-corrected chi connectivity index (χ3v) is 5.23. The van der Waals surface area contributed by atoms with Gasteiger partial charge in [0, 0.05) is 38.1 Å². The van der Waals surface area contributed by atoms with Crippen LogP contribution in [0.25, 0.3) is 0 Å². The van der Waals surface area contributed by atoms with Crippen LogP contribution in [0.4, 0.5) is 11.6 Å². The van der Waals surface area contributed by atoms with Crippen molar-refractivity contribution in [1.29, 1.82) is 0 Å². The summed E-state index contributed by atoms with van der Waals surface area (Å²) in [7, 11) is 0. The molecule has 2 heterocycles. The van der Waals surface area contributed by atoms with Crippen molar-refractivity contribution in [3.8, 4) is 0 Å². The molecule has 0 unspecified atom stereocenters.